The number of ether oxygens (including phenoxy) is 3. The van der Waals surface area contributed by atoms with Crippen molar-refractivity contribution in [3.05, 3.63) is 36.7 Å². The number of hydrogen-bond acceptors (Lipinski definition) is 7. The zero-order valence-corrected chi connectivity index (χ0v) is 15.8. The molecule has 1 saturated heterocycles. The van der Waals surface area contributed by atoms with Crippen LogP contribution in [0.15, 0.2) is 36.7 Å². The van der Waals surface area contributed by atoms with Gasteiger partial charge in [0, 0.05) is 25.4 Å². The fraction of sp³-hybridized carbons (Fsp3) is 0.429. The summed E-state index contributed by atoms with van der Waals surface area (Å²) in [6, 6.07) is 7.62. The summed E-state index contributed by atoms with van der Waals surface area (Å²) in [6.45, 7) is 2.12. The summed E-state index contributed by atoms with van der Waals surface area (Å²) in [4.78, 5) is 6.73. The molecule has 2 fully saturated rings. The fourth-order valence-electron chi connectivity index (χ4n) is 4.95. The van der Waals surface area contributed by atoms with Crippen molar-refractivity contribution in [1.82, 2.24) is 15.2 Å². The van der Waals surface area contributed by atoms with E-state index in [2.05, 4.69) is 20.1 Å². The van der Waals surface area contributed by atoms with Crippen LogP contribution in [0.5, 0.6) is 17.2 Å². The summed E-state index contributed by atoms with van der Waals surface area (Å²) in [5.41, 5.74) is 1.96. The summed E-state index contributed by atoms with van der Waals surface area (Å²) in [7, 11) is 0. The average molecular weight is 394 g/mol. The highest BCUT2D eigenvalue weighted by Gasteiger charge is 2.43. The summed E-state index contributed by atoms with van der Waals surface area (Å²) in [6.07, 6.45) is 4.53. The van der Waals surface area contributed by atoms with Crippen LogP contribution < -0.4 is 19.1 Å². The van der Waals surface area contributed by atoms with Crippen LogP contribution in [0.25, 0.3) is 11.0 Å². The maximum absolute atomic E-state index is 10.7. The standard InChI is InChI=1S/C21H22N4O4/c26-17-5-12-9-25(16-3-4-22-21-15(16)8-23-24-21)10-13(12)6-19(17)29-14-1-2-18-20(7-14)28-11-27-18/h1-4,7-8,12-13,17,19,26H,5-6,9-11H2,(H,22,23,24)/t12-,13+,17+,19+/m0/s1. The van der Waals surface area contributed by atoms with Crippen molar-refractivity contribution in [3.8, 4) is 17.2 Å². The molecule has 2 aromatic heterocycles. The number of rotatable bonds is 3. The van der Waals surface area contributed by atoms with E-state index in [9.17, 15) is 5.11 Å². The van der Waals surface area contributed by atoms with E-state index in [0.717, 1.165) is 48.4 Å². The van der Waals surface area contributed by atoms with Crippen LogP contribution in [-0.4, -0.2) is 52.4 Å². The number of fused-ring (bicyclic) bond motifs is 3. The van der Waals surface area contributed by atoms with Crippen molar-refractivity contribution >= 4 is 16.7 Å². The monoisotopic (exact) mass is 394 g/mol. The molecule has 0 unspecified atom stereocenters. The molecule has 8 nitrogen and oxygen atoms in total. The molecule has 1 saturated carbocycles. The van der Waals surface area contributed by atoms with Gasteiger partial charge in [0.25, 0.3) is 0 Å². The second-order valence-electron chi connectivity index (χ2n) is 8.10. The smallest absolute Gasteiger partial charge is 0.231 e. The molecule has 0 amide bonds. The van der Waals surface area contributed by atoms with Crippen LogP contribution in [0.4, 0.5) is 5.69 Å². The van der Waals surface area contributed by atoms with E-state index < -0.39 is 6.10 Å². The lowest BCUT2D eigenvalue weighted by atomic mass is 9.78. The summed E-state index contributed by atoms with van der Waals surface area (Å²) < 4.78 is 17.0. The Kier molecular flexibility index (Phi) is 3.80. The number of aliphatic hydroxyl groups excluding tert-OH is 1. The lowest BCUT2D eigenvalue weighted by Gasteiger charge is -2.35. The van der Waals surface area contributed by atoms with Crippen LogP contribution >= 0.6 is 0 Å². The lowest BCUT2D eigenvalue weighted by Crippen LogP contribution is -2.42. The lowest BCUT2D eigenvalue weighted by molar-refractivity contribution is -0.0232. The Bertz CT molecular complexity index is 1050. The normalized spacial score (nSPS) is 28.0. The molecule has 0 radical (unpaired) electrons. The highest BCUT2D eigenvalue weighted by molar-refractivity contribution is 5.88. The molecule has 3 aromatic rings. The minimum Gasteiger partial charge on any atom is -0.488 e. The van der Waals surface area contributed by atoms with Crippen molar-refractivity contribution in [2.24, 2.45) is 11.8 Å². The van der Waals surface area contributed by atoms with Gasteiger partial charge in [0.05, 0.1) is 23.4 Å². The van der Waals surface area contributed by atoms with Gasteiger partial charge in [-0.25, -0.2) is 4.98 Å². The van der Waals surface area contributed by atoms with Gasteiger partial charge in [0.2, 0.25) is 6.79 Å². The minimum atomic E-state index is -0.479. The average Bonchev–Trinajstić information content (AvgIpc) is 3.46. The molecule has 8 heteroatoms. The molecule has 150 valence electrons. The molecular formula is C21H22N4O4. The zero-order chi connectivity index (χ0) is 19.4. The van der Waals surface area contributed by atoms with Gasteiger partial charge in [-0.1, -0.05) is 0 Å². The fourth-order valence-corrected chi connectivity index (χ4v) is 4.95. The first kappa shape index (κ1) is 16.9. The molecule has 1 aromatic carbocycles. The van der Waals surface area contributed by atoms with Crippen molar-refractivity contribution in [1.29, 1.82) is 0 Å². The van der Waals surface area contributed by atoms with Gasteiger partial charge >= 0.3 is 0 Å². The first-order valence-electron chi connectivity index (χ1n) is 10.0. The third kappa shape index (κ3) is 2.86. The number of aromatic nitrogens is 3. The maximum atomic E-state index is 10.7. The largest absolute Gasteiger partial charge is 0.488 e. The molecule has 1 aliphatic carbocycles. The predicted molar refractivity (Wildman–Crippen MR) is 105 cm³/mol. The Morgan fingerprint density at radius 2 is 1.97 bits per heavy atom. The molecule has 3 aliphatic rings. The van der Waals surface area contributed by atoms with Gasteiger partial charge in [-0.3, -0.25) is 5.10 Å². The molecule has 4 heterocycles. The topological polar surface area (TPSA) is 92.7 Å². The van der Waals surface area contributed by atoms with Gasteiger partial charge in [-0.15, -0.1) is 0 Å². The SMILES string of the molecule is O[C@@H]1C[C@H]2CN(c3ccnc4[nH]ncc34)C[C@H]2C[C@H]1Oc1ccc2c(c1)OCO2. The van der Waals surface area contributed by atoms with E-state index >= 15 is 0 Å². The molecule has 2 aliphatic heterocycles. The van der Waals surface area contributed by atoms with Crippen LogP contribution in [-0.2, 0) is 0 Å². The van der Waals surface area contributed by atoms with E-state index in [1.807, 2.05) is 36.7 Å². The van der Waals surface area contributed by atoms with Crippen LogP contribution in [0.2, 0.25) is 0 Å². The summed E-state index contributed by atoms with van der Waals surface area (Å²) in [5, 5.41) is 18.8. The number of nitrogens with zero attached hydrogens (tertiary/aromatic N) is 3. The molecule has 4 atom stereocenters. The number of H-pyrrole nitrogens is 1. The van der Waals surface area contributed by atoms with Crippen molar-refractivity contribution < 1.29 is 19.3 Å². The maximum Gasteiger partial charge on any atom is 0.231 e. The molecule has 29 heavy (non-hydrogen) atoms. The Morgan fingerprint density at radius 1 is 1.10 bits per heavy atom. The number of aromatic amines is 1. The number of benzene rings is 1. The molecular weight excluding hydrogens is 372 g/mol. The zero-order valence-electron chi connectivity index (χ0n) is 15.8. The van der Waals surface area contributed by atoms with E-state index in [4.69, 9.17) is 14.2 Å². The minimum absolute atomic E-state index is 0.219. The van der Waals surface area contributed by atoms with Crippen LogP contribution in [0, 0.1) is 11.8 Å². The summed E-state index contributed by atoms with van der Waals surface area (Å²) in [5.74, 6) is 3.07. The number of pyridine rings is 1. The Hall–Kier alpha value is -3.00. The first-order valence-corrected chi connectivity index (χ1v) is 10.0. The van der Waals surface area contributed by atoms with E-state index in [0.29, 0.717) is 23.3 Å². The van der Waals surface area contributed by atoms with Crippen LogP contribution in [0.3, 0.4) is 0 Å². The van der Waals surface area contributed by atoms with Crippen molar-refractivity contribution in [3.63, 3.8) is 0 Å². The molecule has 0 spiro atoms. The predicted octanol–water partition coefficient (Wildman–Crippen LogP) is 2.34. The Balaban J connectivity index is 1.19. The number of nitrogens with one attached hydrogen (secondary N) is 1. The second-order valence-corrected chi connectivity index (χ2v) is 8.10. The van der Waals surface area contributed by atoms with Crippen molar-refractivity contribution in [2.75, 3.05) is 24.8 Å². The van der Waals surface area contributed by atoms with Crippen molar-refractivity contribution in [2.45, 2.75) is 25.0 Å². The van der Waals surface area contributed by atoms with Gasteiger partial charge in [0.15, 0.2) is 17.1 Å². The second kappa shape index (κ2) is 6.52. The number of aliphatic hydroxyl groups is 1. The molecule has 0 bridgehead atoms. The quantitative estimate of drug-likeness (QED) is 0.704. The highest BCUT2D eigenvalue weighted by Crippen LogP contribution is 2.42. The van der Waals surface area contributed by atoms with Gasteiger partial charge < -0.3 is 24.2 Å². The molecule has 6 rings (SSSR count). The Labute approximate surface area is 167 Å². The van der Waals surface area contributed by atoms with Gasteiger partial charge in [-0.05, 0) is 42.9 Å². The Morgan fingerprint density at radius 3 is 2.90 bits per heavy atom. The van der Waals surface area contributed by atoms with E-state index in [1.54, 1.807) is 0 Å². The number of anilines is 1. The van der Waals surface area contributed by atoms with Crippen LogP contribution in [0.1, 0.15) is 12.8 Å². The van der Waals surface area contributed by atoms with Gasteiger partial charge in [0.1, 0.15) is 11.9 Å². The highest BCUT2D eigenvalue weighted by atomic mass is 16.7. The third-order valence-corrected chi connectivity index (χ3v) is 6.39. The third-order valence-electron chi connectivity index (χ3n) is 6.39. The number of hydrogen-bond donors (Lipinski definition) is 2. The van der Waals surface area contributed by atoms with Gasteiger partial charge in [-0.2, -0.15) is 5.10 Å². The van der Waals surface area contributed by atoms with E-state index in [-0.39, 0.29) is 12.9 Å². The first-order chi connectivity index (χ1) is 14.2. The van der Waals surface area contributed by atoms with E-state index in [1.165, 1.54) is 0 Å². The summed E-state index contributed by atoms with van der Waals surface area (Å²) >= 11 is 0. The molecule has 2 N–H and O–H groups in total.